The first kappa shape index (κ1) is 22.9. The van der Waals surface area contributed by atoms with Crippen LogP contribution in [-0.2, 0) is 24.2 Å². The molecule has 0 unspecified atom stereocenters. The van der Waals surface area contributed by atoms with Crippen molar-refractivity contribution in [1.82, 2.24) is 4.72 Å². The summed E-state index contributed by atoms with van der Waals surface area (Å²) in [5.74, 6) is -0.0852. The quantitative estimate of drug-likeness (QED) is 0.607. The predicted octanol–water partition coefficient (Wildman–Crippen LogP) is 1.82. The highest BCUT2D eigenvalue weighted by Crippen LogP contribution is 2.30. The fourth-order valence-corrected chi connectivity index (χ4v) is 5.18. The molecule has 4 atom stereocenters. The summed E-state index contributed by atoms with van der Waals surface area (Å²) in [5.41, 5.74) is 1.00. The molecule has 0 saturated carbocycles. The average Bonchev–Trinajstić information content (AvgIpc) is 3.37. The molecule has 0 radical (unpaired) electrons. The van der Waals surface area contributed by atoms with Crippen LogP contribution in [0.5, 0.6) is 0 Å². The summed E-state index contributed by atoms with van der Waals surface area (Å²) in [5, 5.41) is 11.8. The molecule has 2 aromatic rings. The van der Waals surface area contributed by atoms with Crippen LogP contribution in [0.15, 0.2) is 53.4 Å². The summed E-state index contributed by atoms with van der Waals surface area (Å²) in [4.78, 5) is 23.5. The molecule has 4 rings (SSSR count). The van der Waals surface area contributed by atoms with E-state index < -0.39 is 40.5 Å². The summed E-state index contributed by atoms with van der Waals surface area (Å²) in [6, 6.07) is 13.4. The number of ether oxygens (including phenoxy) is 3. The van der Waals surface area contributed by atoms with Crippen molar-refractivity contribution in [2.45, 2.75) is 36.2 Å². The van der Waals surface area contributed by atoms with Crippen LogP contribution in [-0.4, -0.2) is 57.9 Å². The molecular formula is C22H21N3O7S. The van der Waals surface area contributed by atoms with Crippen molar-refractivity contribution in [3.05, 3.63) is 59.7 Å². The molecule has 10 nitrogen and oxygen atoms in total. The molecule has 172 valence electrons. The second-order valence-electron chi connectivity index (χ2n) is 7.63. The molecule has 0 bridgehead atoms. The number of ketones is 1. The monoisotopic (exact) mass is 471 g/mol. The van der Waals surface area contributed by atoms with E-state index in [2.05, 4.69) is 10.0 Å². The number of amides is 1. The fourth-order valence-electron chi connectivity index (χ4n) is 3.80. The number of carbonyl (C=O) groups is 2. The fraction of sp³-hybridized carbons (Fsp3) is 0.318. The molecule has 2 saturated heterocycles. The number of nitrogens with zero attached hydrogens (tertiary/aromatic N) is 1. The van der Waals surface area contributed by atoms with E-state index in [1.54, 1.807) is 30.3 Å². The summed E-state index contributed by atoms with van der Waals surface area (Å²) < 4.78 is 44.9. The lowest BCUT2D eigenvalue weighted by Gasteiger charge is -2.18. The van der Waals surface area contributed by atoms with Gasteiger partial charge < -0.3 is 14.2 Å². The number of sulfonamides is 1. The first-order valence-electron chi connectivity index (χ1n) is 10.1. The van der Waals surface area contributed by atoms with Gasteiger partial charge in [0.1, 0.15) is 18.3 Å². The molecule has 2 fully saturated rings. The number of benzene rings is 2. The zero-order chi connectivity index (χ0) is 23.6. The zero-order valence-electron chi connectivity index (χ0n) is 17.6. The smallest absolute Gasteiger partial charge is 0.412 e. The van der Waals surface area contributed by atoms with Crippen molar-refractivity contribution in [2.75, 3.05) is 18.5 Å². The Hall–Kier alpha value is -3.30. The Morgan fingerprint density at radius 1 is 1.06 bits per heavy atom. The van der Waals surface area contributed by atoms with E-state index in [0.29, 0.717) is 11.3 Å². The van der Waals surface area contributed by atoms with E-state index >= 15 is 0 Å². The van der Waals surface area contributed by atoms with Crippen LogP contribution in [0.3, 0.4) is 0 Å². The molecule has 0 aromatic heterocycles. The van der Waals surface area contributed by atoms with Gasteiger partial charge in [0.15, 0.2) is 11.9 Å². The lowest BCUT2D eigenvalue weighted by molar-refractivity contribution is 0.00883. The van der Waals surface area contributed by atoms with Gasteiger partial charge in [-0.1, -0.05) is 12.1 Å². The number of nitriles is 1. The number of hydrogen-bond acceptors (Lipinski definition) is 8. The van der Waals surface area contributed by atoms with Crippen LogP contribution < -0.4 is 10.0 Å². The third kappa shape index (κ3) is 4.89. The third-order valence-electron chi connectivity index (χ3n) is 5.41. The lowest BCUT2D eigenvalue weighted by atomic mass is 10.1. The number of Topliss-reactive ketones (excluding diaryl/α,β-unsaturated/α-hetero) is 1. The summed E-state index contributed by atoms with van der Waals surface area (Å²) in [6.45, 7) is 1.51. The van der Waals surface area contributed by atoms with E-state index in [0.717, 1.165) is 0 Å². The Morgan fingerprint density at radius 3 is 2.45 bits per heavy atom. The van der Waals surface area contributed by atoms with E-state index in [4.69, 9.17) is 14.2 Å². The Labute approximate surface area is 190 Å². The number of fused-ring (bicyclic) bond motifs is 1. The van der Waals surface area contributed by atoms with E-state index in [-0.39, 0.29) is 29.5 Å². The second-order valence-corrected chi connectivity index (χ2v) is 9.32. The maximum Gasteiger partial charge on any atom is 0.412 e. The van der Waals surface area contributed by atoms with E-state index in [1.165, 1.54) is 25.1 Å². The Bertz CT molecular complexity index is 1210. The second kappa shape index (κ2) is 9.29. The first-order valence-corrected chi connectivity index (χ1v) is 11.6. The molecule has 0 spiro atoms. The van der Waals surface area contributed by atoms with Crippen molar-refractivity contribution >= 4 is 27.6 Å². The van der Waals surface area contributed by atoms with Gasteiger partial charge >= 0.3 is 6.09 Å². The van der Waals surface area contributed by atoms with E-state index in [1.807, 2.05) is 6.07 Å². The Balaban J connectivity index is 1.36. The van der Waals surface area contributed by atoms with Crippen molar-refractivity contribution in [3.8, 4) is 6.07 Å². The molecule has 2 aliphatic heterocycles. The number of anilines is 1. The molecule has 0 aliphatic carbocycles. The van der Waals surface area contributed by atoms with Crippen molar-refractivity contribution in [3.63, 3.8) is 0 Å². The highest BCUT2D eigenvalue weighted by Gasteiger charge is 2.50. The Kier molecular flexibility index (Phi) is 6.44. The van der Waals surface area contributed by atoms with Crippen molar-refractivity contribution < 1.29 is 32.2 Å². The minimum Gasteiger partial charge on any atom is -0.441 e. The zero-order valence-corrected chi connectivity index (χ0v) is 18.4. The normalized spacial score (nSPS) is 24.0. The van der Waals surface area contributed by atoms with Crippen molar-refractivity contribution in [1.29, 1.82) is 5.26 Å². The molecule has 2 heterocycles. The van der Waals surface area contributed by atoms with Crippen LogP contribution in [0.25, 0.3) is 0 Å². The maximum atomic E-state index is 12.8. The van der Waals surface area contributed by atoms with Crippen LogP contribution in [0, 0.1) is 11.3 Å². The summed E-state index contributed by atoms with van der Waals surface area (Å²) in [7, 11) is -3.99. The highest BCUT2D eigenvalue weighted by atomic mass is 32.2. The molecule has 2 aliphatic rings. The summed E-state index contributed by atoms with van der Waals surface area (Å²) in [6.07, 6.45) is -2.75. The minimum atomic E-state index is -3.99. The minimum absolute atomic E-state index is 0.0251. The van der Waals surface area contributed by atoms with Gasteiger partial charge in [-0.2, -0.15) is 5.26 Å². The van der Waals surface area contributed by atoms with E-state index in [9.17, 15) is 23.3 Å². The number of rotatable bonds is 6. The van der Waals surface area contributed by atoms with Crippen LogP contribution in [0.1, 0.15) is 22.8 Å². The third-order valence-corrected chi connectivity index (χ3v) is 6.96. The van der Waals surface area contributed by atoms with Crippen LogP contribution >= 0.6 is 0 Å². The van der Waals surface area contributed by atoms with Gasteiger partial charge in [-0.05, 0) is 43.3 Å². The van der Waals surface area contributed by atoms with Crippen LogP contribution in [0.4, 0.5) is 10.5 Å². The Morgan fingerprint density at radius 2 is 1.76 bits per heavy atom. The molecule has 11 heteroatoms. The van der Waals surface area contributed by atoms with Gasteiger partial charge in [0.2, 0.25) is 10.0 Å². The van der Waals surface area contributed by atoms with Gasteiger partial charge in [0.05, 0.1) is 29.7 Å². The summed E-state index contributed by atoms with van der Waals surface area (Å²) >= 11 is 0. The standard InChI is InChI=1S/C22H21N3O7S/c1-13(26)14-6-8-16(9-7-14)24-22(27)32-18-12-31-20-17(11-30-21(18)20)25-33(28,29)19-5-3-2-4-15(19)10-23/h2-9,17-18,20-21,25H,11-12H2,1H3,(H,24,27)/t17-,18+,20+,21+/m0/s1. The SMILES string of the molecule is CC(=O)c1ccc(NC(=O)O[C@@H]2CO[C@H]3[C@@H]2OC[C@@H]3NS(=O)(=O)c2ccccc2C#N)cc1. The highest BCUT2D eigenvalue weighted by molar-refractivity contribution is 7.89. The molecular weight excluding hydrogens is 450 g/mol. The average molecular weight is 471 g/mol. The number of nitrogens with one attached hydrogen (secondary N) is 2. The molecule has 33 heavy (non-hydrogen) atoms. The number of hydrogen-bond donors (Lipinski definition) is 2. The first-order chi connectivity index (χ1) is 15.8. The lowest BCUT2D eigenvalue weighted by Crippen LogP contribution is -2.44. The van der Waals surface area contributed by atoms with Gasteiger partial charge in [-0.15, -0.1) is 0 Å². The van der Waals surface area contributed by atoms with Crippen LogP contribution in [0.2, 0.25) is 0 Å². The van der Waals surface area contributed by atoms with Gasteiger partial charge in [-0.3, -0.25) is 10.1 Å². The topological polar surface area (TPSA) is 144 Å². The van der Waals surface area contributed by atoms with Gasteiger partial charge in [-0.25, -0.2) is 17.9 Å². The molecule has 1 amide bonds. The molecule has 2 aromatic carbocycles. The van der Waals surface area contributed by atoms with Gasteiger partial charge in [0.25, 0.3) is 0 Å². The molecule has 2 N–H and O–H groups in total. The maximum absolute atomic E-state index is 12.8. The van der Waals surface area contributed by atoms with Gasteiger partial charge in [0, 0.05) is 11.3 Å². The predicted molar refractivity (Wildman–Crippen MR) is 115 cm³/mol. The largest absolute Gasteiger partial charge is 0.441 e. The van der Waals surface area contributed by atoms with Crippen molar-refractivity contribution in [2.24, 2.45) is 0 Å². The number of carbonyl (C=O) groups excluding carboxylic acids is 2.